The topological polar surface area (TPSA) is 99.1 Å². The number of hydrogen-bond acceptors (Lipinski definition) is 7. The molecular formula is C20H32O7. The highest BCUT2D eigenvalue weighted by Crippen LogP contribution is 2.24. The molecule has 0 bridgehead atoms. The number of hydrogen-bond donors (Lipinski definition) is 1. The molecule has 0 spiro atoms. The minimum atomic E-state index is -1.32. The van der Waals surface area contributed by atoms with Crippen molar-refractivity contribution in [2.75, 3.05) is 6.61 Å². The number of cyclic esters (lactones) is 1. The number of ether oxygens (including phenoxy) is 3. The molecule has 1 rings (SSSR count). The Kier molecular flexibility index (Phi) is 11.4. The molecule has 0 radical (unpaired) electrons. The van der Waals surface area contributed by atoms with Crippen molar-refractivity contribution in [1.82, 2.24) is 0 Å². The average Bonchev–Trinajstić information content (AvgIpc) is 2.92. The van der Waals surface area contributed by atoms with Crippen LogP contribution in [0.15, 0.2) is 11.6 Å². The highest BCUT2D eigenvalue weighted by atomic mass is 16.6. The van der Waals surface area contributed by atoms with Crippen LogP contribution in [-0.2, 0) is 28.6 Å². The number of carbonyl (C=O) groups is 3. The van der Waals surface area contributed by atoms with Gasteiger partial charge in [0.05, 0.1) is 6.61 Å². The van der Waals surface area contributed by atoms with E-state index in [1.54, 1.807) is 0 Å². The van der Waals surface area contributed by atoms with E-state index in [-0.39, 0.29) is 5.97 Å². The lowest BCUT2D eigenvalue weighted by molar-refractivity contribution is -0.154. The first-order valence-corrected chi connectivity index (χ1v) is 9.81. The molecule has 0 aromatic carbocycles. The minimum absolute atomic E-state index is 0.219. The fourth-order valence-electron chi connectivity index (χ4n) is 3.05. The van der Waals surface area contributed by atoms with Crippen molar-refractivity contribution >= 4 is 17.9 Å². The third kappa shape index (κ3) is 10.8. The maximum atomic E-state index is 11.3. The summed E-state index contributed by atoms with van der Waals surface area (Å²) >= 11 is 0. The summed E-state index contributed by atoms with van der Waals surface area (Å²) in [4.78, 5) is 33.1. The van der Waals surface area contributed by atoms with E-state index in [1.807, 2.05) is 0 Å². The maximum absolute atomic E-state index is 11.3. The standard InChI is InChI=1S/C20H32O7/c1-15(21)25-13-11-9-7-5-3-4-6-8-10-12-18(26-16(2)22)17-14-19(23)27-20(17)24/h14,18,20,24H,3-13H2,1-2H3. The lowest BCUT2D eigenvalue weighted by Crippen LogP contribution is -2.25. The second kappa shape index (κ2) is 13.3. The second-order valence-electron chi connectivity index (χ2n) is 6.84. The largest absolute Gasteiger partial charge is 0.466 e. The number of aliphatic hydroxyl groups is 1. The van der Waals surface area contributed by atoms with Gasteiger partial charge in [0, 0.05) is 25.5 Å². The van der Waals surface area contributed by atoms with Crippen LogP contribution < -0.4 is 0 Å². The Morgan fingerprint density at radius 1 is 1.00 bits per heavy atom. The first-order valence-electron chi connectivity index (χ1n) is 9.81. The van der Waals surface area contributed by atoms with Crippen molar-refractivity contribution in [1.29, 1.82) is 0 Å². The summed E-state index contributed by atoms with van der Waals surface area (Å²) in [5.74, 6) is -1.27. The van der Waals surface area contributed by atoms with Crippen LogP contribution in [0.4, 0.5) is 0 Å². The maximum Gasteiger partial charge on any atom is 0.333 e. The first-order chi connectivity index (χ1) is 12.9. The Balaban J connectivity index is 2.08. The lowest BCUT2D eigenvalue weighted by Gasteiger charge is -2.19. The normalized spacial score (nSPS) is 17.2. The van der Waals surface area contributed by atoms with Crippen molar-refractivity contribution in [3.8, 4) is 0 Å². The molecule has 1 heterocycles. The molecule has 1 aliphatic heterocycles. The molecule has 0 fully saturated rings. The highest BCUT2D eigenvalue weighted by Gasteiger charge is 2.31. The molecule has 0 saturated heterocycles. The molecule has 154 valence electrons. The summed E-state index contributed by atoms with van der Waals surface area (Å²) in [5, 5.41) is 9.72. The van der Waals surface area contributed by atoms with Crippen molar-refractivity contribution in [3.05, 3.63) is 11.6 Å². The molecule has 2 atom stereocenters. The molecule has 7 heteroatoms. The van der Waals surface area contributed by atoms with E-state index in [4.69, 9.17) is 9.47 Å². The van der Waals surface area contributed by atoms with Gasteiger partial charge in [0.1, 0.15) is 6.10 Å². The quantitative estimate of drug-likeness (QED) is 0.279. The van der Waals surface area contributed by atoms with Gasteiger partial charge in [-0.05, 0) is 19.3 Å². The molecule has 1 aliphatic rings. The number of rotatable bonds is 14. The molecule has 7 nitrogen and oxygen atoms in total. The van der Waals surface area contributed by atoms with E-state index in [1.165, 1.54) is 32.8 Å². The fraction of sp³-hybridized carbons (Fsp3) is 0.750. The van der Waals surface area contributed by atoms with E-state index in [0.717, 1.165) is 44.9 Å². The molecule has 0 aromatic heterocycles. The summed E-state index contributed by atoms with van der Waals surface area (Å²) in [6.45, 7) is 3.25. The SMILES string of the molecule is CC(=O)OCCCCCCCCCCCC(OC(C)=O)C1=CC(=O)OC1O. The van der Waals surface area contributed by atoms with Crippen molar-refractivity contribution in [2.45, 2.75) is 90.4 Å². The monoisotopic (exact) mass is 384 g/mol. The fourth-order valence-corrected chi connectivity index (χ4v) is 3.05. The molecule has 0 aromatic rings. The predicted molar refractivity (Wildman–Crippen MR) is 98.5 cm³/mol. The summed E-state index contributed by atoms with van der Waals surface area (Å²) in [6, 6.07) is 0. The smallest absolute Gasteiger partial charge is 0.333 e. The third-order valence-corrected chi connectivity index (χ3v) is 4.39. The van der Waals surface area contributed by atoms with Gasteiger partial charge in [0.15, 0.2) is 0 Å². The van der Waals surface area contributed by atoms with E-state index in [2.05, 4.69) is 4.74 Å². The second-order valence-corrected chi connectivity index (χ2v) is 6.84. The summed E-state index contributed by atoms with van der Waals surface area (Å²) < 4.78 is 14.8. The summed E-state index contributed by atoms with van der Waals surface area (Å²) in [7, 11) is 0. The van der Waals surface area contributed by atoms with Gasteiger partial charge in [-0.15, -0.1) is 0 Å². The van der Waals surface area contributed by atoms with E-state index < -0.39 is 24.3 Å². The third-order valence-electron chi connectivity index (χ3n) is 4.39. The predicted octanol–water partition coefficient (Wildman–Crippen LogP) is 3.18. The number of carbonyl (C=O) groups excluding carboxylic acids is 3. The Morgan fingerprint density at radius 2 is 1.56 bits per heavy atom. The molecule has 0 saturated carbocycles. The van der Waals surface area contributed by atoms with Crippen LogP contribution in [0.3, 0.4) is 0 Å². The van der Waals surface area contributed by atoms with Crippen LogP contribution in [0.25, 0.3) is 0 Å². The zero-order chi connectivity index (χ0) is 20.1. The average molecular weight is 384 g/mol. The zero-order valence-corrected chi connectivity index (χ0v) is 16.4. The Morgan fingerprint density at radius 3 is 2.04 bits per heavy atom. The van der Waals surface area contributed by atoms with Gasteiger partial charge in [-0.1, -0.05) is 44.9 Å². The van der Waals surface area contributed by atoms with Gasteiger partial charge < -0.3 is 19.3 Å². The van der Waals surface area contributed by atoms with Gasteiger partial charge in [-0.25, -0.2) is 4.79 Å². The van der Waals surface area contributed by atoms with Gasteiger partial charge in [-0.3, -0.25) is 9.59 Å². The Bertz CT molecular complexity index is 512. The van der Waals surface area contributed by atoms with Crippen LogP contribution in [0.1, 0.15) is 78.1 Å². The molecule has 0 aliphatic carbocycles. The van der Waals surface area contributed by atoms with Crippen molar-refractivity contribution in [2.24, 2.45) is 0 Å². The van der Waals surface area contributed by atoms with E-state index in [0.29, 0.717) is 18.6 Å². The van der Waals surface area contributed by atoms with Crippen molar-refractivity contribution < 1.29 is 33.7 Å². The minimum Gasteiger partial charge on any atom is -0.466 e. The molecular weight excluding hydrogens is 352 g/mol. The van der Waals surface area contributed by atoms with Crippen LogP contribution >= 0.6 is 0 Å². The van der Waals surface area contributed by atoms with E-state index >= 15 is 0 Å². The van der Waals surface area contributed by atoms with Gasteiger partial charge in [-0.2, -0.15) is 0 Å². The summed E-state index contributed by atoms with van der Waals surface area (Å²) in [6.07, 6.45) is 9.43. The lowest BCUT2D eigenvalue weighted by atomic mass is 10.0. The molecule has 2 unspecified atom stereocenters. The number of unbranched alkanes of at least 4 members (excludes halogenated alkanes) is 8. The Labute approximate surface area is 161 Å². The van der Waals surface area contributed by atoms with Gasteiger partial charge in [0.25, 0.3) is 0 Å². The molecule has 0 amide bonds. The van der Waals surface area contributed by atoms with Gasteiger partial charge >= 0.3 is 17.9 Å². The first kappa shape index (κ1) is 23.1. The highest BCUT2D eigenvalue weighted by molar-refractivity contribution is 5.86. The zero-order valence-electron chi connectivity index (χ0n) is 16.4. The van der Waals surface area contributed by atoms with Crippen LogP contribution in [0.5, 0.6) is 0 Å². The number of aliphatic hydroxyl groups excluding tert-OH is 1. The van der Waals surface area contributed by atoms with Crippen LogP contribution in [0, 0.1) is 0 Å². The number of esters is 3. The molecule has 1 N–H and O–H groups in total. The van der Waals surface area contributed by atoms with Crippen molar-refractivity contribution in [3.63, 3.8) is 0 Å². The Hall–Kier alpha value is -1.89. The molecule has 27 heavy (non-hydrogen) atoms. The van der Waals surface area contributed by atoms with E-state index in [9.17, 15) is 19.5 Å². The van der Waals surface area contributed by atoms with Gasteiger partial charge in [0.2, 0.25) is 6.29 Å². The summed E-state index contributed by atoms with van der Waals surface area (Å²) in [5.41, 5.74) is 0.323. The van der Waals surface area contributed by atoms with Crippen LogP contribution in [0.2, 0.25) is 0 Å². The van der Waals surface area contributed by atoms with Crippen LogP contribution in [-0.4, -0.2) is 42.0 Å².